The van der Waals surface area contributed by atoms with Crippen molar-refractivity contribution in [1.82, 2.24) is 4.90 Å². The highest BCUT2D eigenvalue weighted by atomic mass is 79.9. The molecule has 1 fully saturated rings. The molecule has 1 aliphatic carbocycles. The Morgan fingerprint density at radius 1 is 1.14 bits per heavy atom. The van der Waals surface area contributed by atoms with Crippen LogP contribution in [0.3, 0.4) is 0 Å². The van der Waals surface area contributed by atoms with E-state index in [1.807, 2.05) is 12.1 Å². The third kappa shape index (κ3) is 5.32. The van der Waals surface area contributed by atoms with Crippen LogP contribution in [-0.2, 0) is 25.9 Å². The smallest absolute Gasteiger partial charge is 0.416 e. The molecule has 35 heavy (non-hydrogen) atoms. The highest BCUT2D eigenvalue weighted by molar-refractivity contribution is 9.10. The monoisotopic (exact) mass is 549 g/mol. The lowest BCUT2D eigenvalue weighted by Crippen LogP contribution is -2.44. The van der Waals surface area contributed by atoms with Crippen molar-refractivity contribution < 1.29 is 27.5 Å². The molecule has 186 valence electrons. The molecule has 1 aliphatic heterocycles. The first-order valence-corrected chi connectivity index (χ1v) is 12.5. The van der Waals surface area contributed by atoms with Gasteiger partial charge in [0, 0.05) is 29.1 Å². The van der Waals surface area contributed by atoms with Crippen molar-refractivity contribution >= 4 is 33.9 Å². The molecule has 1 spiro atoms. The standard InChI is InChI=1S/C27H27BrF3NO3/c1-2-35-24(34)16-19-17-26(25-20(19)7-5-9-22(25)28)12-14-32(15-13-26)23(33)11-10-18-6-3-4-8-21(18)27(29,30)31/h3-11,19H,2,12-17H2,1H3/b11-10+. The molecule has 1 atom stereocenters. The van der Waals surface area contributed by atoms with Gasteiger partial charge in [0.1, 0.15) is 0 Å². The van der Waals surface area contributed by atoms with Crippen molar-refractivity contribution in [1.29, 1.82) is 0 Å². The van der Waals surface area contributed by atoms with E-state index in [-0.39, 0.29) is 28.8 Å². The molecule has 0 N–H and O–H groups in total. The second-order valence-corrected chi connectivity index (χ2v) is 9.99. The van der Waals surface area contributed by atoms with Crippen LogP contribution in [0.4, 0.5) is 13.2 Å². The largest absolute Gasteiger partial charge is 0.466 e. The number of nitrogens with zero attached hydrogens (tertiary/aromatic N) is 1. The summed E-state index contributed by atoms with van der Waals surface area (Å²) in [6, 6.07) is 11.3. The zero-order valence-corrected chi connectivity index (χ0v) is 21.0. The van der Waals surface area contributed by atoms with Gasteiger partial charge in [-0.2, -0.15) is 13.2 Å². The van der Waals surface area contributed by atoms with Crippen LogP contribution in [0.1, 0.15) is 60.8 Å². The zero-order valence-electron chi connectivity index (χ0n) is 19.4. The quantitative estimate of drug-likeness (QED) is 0.316. The summed E-state index contributed by atoms with van der Waals surface area (Å²) in [5.74, 6) is -0.454. The van der Waals surface area contributed by atoms with Gasteiger partial charge in [-0.1, -0.05) is 46.3 Å². The lowest BCUT2D eigenvalue weighted by Gasteiger charge is -2.40. The minimum Gasteiger partial charge on any atom is -0.466 e. The van der Waals surface area contributed by atoms with Crippen molar-refractivity contribution in [3.05, 3.63) is 75.3 Å². The number of hydrogen-bond acceptors (Lipinski definition) is 3. The van der Waals surface area contributed by atoms with E-state index in [4.69, 9.17) is 4.74 Å². The first-order chi connectivity index (χ1) is 16.6. The molecular weight excluding hydrogens is 523 g/mol. The Hall–Kier alpha value is -2.61. The highest BCUT2D eigenvalue weighted by Crippen LogP contribution is 2.55. The third-order valence-corrected chi connectivity index (χ3v) is 7.74. The van der Waals surface area contributed by atoms with Crippen LogP contribution in [0, 0.1) is 0 Å². The number of alkyl halides is 3. The number of piperidine rings is 1. The molecule has 2 aliphatic rings. The van der Waals surface area contributed by atoms with Gasteiger partial charge in [0.05, 0.1) is 18.6 Å². The molecule has 2 aromatic rings. The molecular formula is C27H27BrF3NO3. The number of benzene rings is 2. The summed E-state index contributed by atoms with van der Waals surface area (Å²) in [7, 11) is 0. The van der Waals surface area contributed by atoms with Gasteiger partial charge in [-0.25, -0.2) is 0 Å². The predicted octanol–water partition coefficient (Wildman–Crippen LogP) is 6.48. The van der Waals surface area contributed by atoms with E-state index < -0.39 is 11.7 Å². The Kier molecular flexibility index (Phi) is 7.40. The van der Waals surface area contributed by atoms with Crippen LogP contribution in [0.2, 0.25) is 0 Å². The van der Waals surface area contributed by atoms with Gasteiger partial charge in [-0.05, 0) is 67.0 Å². The first-order valence-electron chi connectivity index (χ1n) is 11.7. The molecule has 0 bridgehead atoms. The SMILES string of the molecule is CCOC(=O)CC1CC2(CCN(C(=O)/C=C/c3ccccc3C(F)(F)F)CC2)c2c(Br)cccc21. The number of rotatable bonds is 5. The lowest BCUT2D eigenvalue weighted by atomic mass is 9.73. The Bertz CT molecular complexity index is 1140. The van der Waals surface area contributed by atoms with Gasteiger partial charge >= 0.3 is 12.1 Å². The normalized spacial score (nSPS) is 19.2. The molecule has 0 saturated carbocycles. The Labute approximate surface area is 211 Å². The summed E-state index contributed by atoms with van der Waals surface area (Å²) >= 11 is 3.70. The minimum atomic E-state index is -4.48. The van der Waals surface area contributed by atoms with E-state index in [1.165, 1.54) is 35.9 Å². The maximum Gasteiger partial charge on any atom is 0.416 e. The molecule has 4 rings (SSSR count). The number of carbonyl (C=O) groups excluding carboxylic acids is 2. The van der Waals surface area contributed by atoms with Crippen molar-refractivity contribution in [2.45, 2.75) is 50.1 Å². The number of amides is 1. The molecule has 1 unspecified atom stereocenters. The van der Waals surface area contributed by atoms with Gasteiger partial charge < -0.3 is 9.64 Å². The van der Waals surface area contributed by atoms with Crippen LogP contribution >= 0.6 is 15.9 Å². The Morgan fingerprint density at radius 3 is 2.54 bits per heavy atom. The predicted molar refractivity (Wildman–Crippen MR) is 131 cm³/mol. The van der Waals surface area contributed by atoms with E-state index in [1.54, 1.807) is 11.8 Å². The average Bonchev–Trinajstić information content (AvgIpc) is 3.11. The molecule has 0 aromatic heterocycles. The minimum absolute atomic E-state index is 0.0303. The van der Waals surface area contributed by atoms with Crippen molar-refractivity contribution in [2.24, 2.45) is 0 Å². The number of esters is 1. The Morgan fingerprint density at radius 2 is 1.86 bits per heavy atom. The van der Waals surface area contributed by atoms with E-state index in [0.29, 0.717) is 26.1 Å². The number of hydrogen-bond donors (Lipinski definition) is 0. The van der Waals surface area contributed by atoms with Crippen LogP contribution in [0.25, 0.3) is 6.08 Å². The number of likely N-dealkylation sites (tertiary alicyclic amines) is 1. The molecule has 2 aromatic carbocycles. The fourth-order valence-electron chi connectivity index (χ4n) is 5.50. The van der Waals surface area contributed by atoms with E-state index in [0.717, 1.165) is 35.4 Å². The van der Waals surface area contributed by atoms with E-state index in [9.17, 15) is 22.8 Å². The molecule has 1 amide bonds. The molecule has 8 heteroatoms. The van der Waals surface area contributed by atoms with Crippen LogP contribution < -0.4 is 0 Å². The highest BCUT2D eigenvalue weighted by Gasteiger charge is 2.47. The lowest BCUT2D eigenvalue weighted by molar-refractivity contribution is -0.143. The van der Waals surface area contributed by atoms with Crippen molar-refractivity contribution in [2.75, 3.05) is 19.7 Å². The second kappa shape index (κ2) is 10.2. The van der Waals surface area contributed by atoms with Gasteiger partial charge in [-0.15, -0.1) is 0 Å². The first kappa shape index (κ1) is 25.5. The van der Waals surface area contributed by atoms with E-state index >= 15 is 0 Å². The van der Waals surface area contributed by atoms with Gasteiger partial charge in [0.15, 0.2) is 0 Å². The van der Waals surface area contributed by atoms with Gasteiger partial charge in [0.2, 0.25) is 5.91 Å². The summed E-state index contributed by atoms with van der Waals surface area (Å²) in [6.07, 6.45) is 0.562. The summed E-state index contributed by atoms with van der Waals surface area (Å²) in [5.41, 5.74) is 1.40. The fourth-order valence-corrected chi connectivity index (χ4v) is 6.31. The molecule has 4 nitrogen and oxygen atoms in total. The third-order valence-electron chi connectivity index (χ3n) is 7.08. The van der Waals surface area contributed by atoms with Crippen LogP contribution in [0.5, 0.6) is 0 Å². The maximum atomic E-state index is 13.2. The number of carbonyl (C=O) groups is 2. The van der Waals surface area contributed by atoms with Crippen molar-refractivity contribution in [3.8, 4) is 0 Å². The molecule has 1 heterocycles. The average molecular weight is 550 g/mol. The van der Waals surface area contributed by atoms with Crippen LogP contribution in [-0.4, -0.2) is 36.5 Å². The number of fused-ring (bicyclic) bond motifs is 2. The second-order valence-electron chi connectivity index (χ2n) is 9.14. The fraction of sp³-hybridized carbons (Fsp3) is 0.407. The van der Waals surface area contributed by atoms with Crippen LogP contribution in [0.15, 0.2) is 53.0 Å². The molecule has 1 saturated heterocycles. The topological polar surface area (TPSA) is 46.6 Å². The number of ether oxygens (including phenoxy) is 1. The van der Waals surface area contributed by atoms with Gasteiger partial charge in [0.25, 0.3) is 0 Å². The van der Waals surface area contributed by atoms with Gasteiger partial charge in [-0.3, -0.25) is 9.59 Å². The zero-order chi connectivity index (χ0) is 25.2. The summed E-state index contributed by atoms with van der Waals surface area (Å²) in [4.78, 5) is 26.7. The molecule has 0 radical (unpaired) electrons. The maximum absolute atomic E-state index is 13.2. The Balaban J connectivity index is 1.48. The summed E-state index contributed by atoms with van der Waals surface area (Å²) in [6.45, 7) is 3.13. The summed E-state index contributed by atoms with van der Waals surface area (Å²) in [5, 5.41) is 0. The number of halogens is 4. The summed E-state index contributed by atoms with van der Waals surface area (Å²) < 4.78 is 45.9. The van der Waals surface area contributed by atoms with E-state index in [2.05, 4.69) is 22.0 Å². The van der Waals surface area contributed by atoms with Crippen molar-refractivity contribution in [3.63, 3.8) is 0 Å².